The number of para-hydroxylation sites is 1. The van der Waals surface area contributed by atoms with Crippen LogP contribution in [0.4, 0.5) is 8.78 Å². The quantitative estimate of drug-likeness (QED) is 0.260. The zero-order valence-corrected chi connectivity index (χ0v) is 19.9. The average Bonchev–Trinajstić information content (AvgIpc) is 3.26. The zero-order valence-electron chi connectivity index (χ0n) is 19.1. The molecule has 0 bridgehead atoms. The van der Waals surface area contributed by atoms with E-state index >= 15 is 0 Å². The molecule has 0 saturated carbocycles. The number of sulfonamides is 1. The molecule has 4 aromatic rings. The van der Waals surface area contributed by atoms with Crippen molar-refractivity contribution < 1.29 is 31.5 Å². The number of halogens is 2. The summed E-state index contributed by atoms with van der Waals surface area (Å²) in [6, 6.07) is 14.7. The summed E-state index contributed by atoms with van der Waals surface area (Å²) in [6.07, 6.45) is 1.60. The molecule has 10 heteroatoms. The number of aromatic amines is 1. The Morgan fingerprint density at radius 3 is 2.53 bits per heavy atom. The fourth-order valence-corrected chi connectivity index (χ4v) is 5.01. The van der Waals surface area contributed by atoms with Gasteiger partial charge in [0.2, 0.25) is 10.0 Å². The molecular weight excluding hydrogens is 490 g/mol. The second-order valence-corrected chi connectivity index (χ2v) is 9.93. The third-order valence-corrected chi connectivity index (χ3v) is 7.04. The highest BCUT2D eigenvalue weighted by atomic mass is 32.2. The maximum Gasteiger partial charge on any atom is 0.324 e. The van der Waals surface area contributed by atoms with Gasteiger partial charge in [-0.15, -0.1) is 0 Å². The number of carbonyl (C=O) groups is 2. The first-order valence-corrected chi connectivity index (χ1v) is 12.4. The fourth-order valence-electron chi connectivity index (χ4n) is 3.72. The molecule has 3 aromatic carbocycles. The van der Waals surface area contributed by atoms with E-state index in [-0.39, 0.29) is 16.9 Å². The van der Waals surface area contributed by atoms with Crippen molar-refractivity contribution in [3.63, 3.8) is 0 Å². The van der Waals surface area contributed by atoms with Gasteiger partial charge in [-0.3, -0.25) is 9.59 Å². The van der Waals surface area contributed by atoms with E-state index < -0.39 is 46.1 Å². The first-order valence-electron chi connectivity index (χ1n) is 10.9. The van der Waals surface area contributed by atoms with Crippen molar-refractivity contribution in [2.24, 2.45) is 0 Å². The molecule has 7 nitrogen and oxygen atoms in total. The van der Waals surface area contributed by atoms with Gasteiger partial charge in [-0.25, -0.2) is 17.2 Å². The normalized spacial score (nSPS) is 12.4. The molecule has 0 amide bonds. The van der Waals surface area contributed by atoms with Crippen LogP contribution in [-0.4, -0.2) is 37.8 Å². The lowest BCUT2D eigenvalue weighted by Gasteiger charge is -2.18. The lowest BCUT2D eigenvalue weighted by Crippen LogP contribution is -2.43. The van der Waals surface area contributed by atoms with Gasteiger partial charge in [0.25, 0.3) is 0 Å². The van der Waals surface area contributed by atoms with E-state index in [1.807, 2.05) is 24.3 Å². The third kappa shape index (κ3) is 5.67. The topological polar surface area (TPSA) is 105 Å². The standard InChI is InChI=1S/C26H22F2N2O5S/c1-16-5-4-6-19(11-16)36(33,34)30-24(13-18-14-29-23-8-3-2-7-20(18)23)26(32)35-15-25(31)17-9-10-21(27)22(28)12-17/h2-12,14,24,29-30H,13,15H2,1H3/t24-/m0/s1. The first kappa shape index (κ1) is 25.2. The number of benzene rings is 3. The number of hydrogen-bond donors (Lipinski definition) is 2. The predicted molar refractivity (Wildman–Crippen MR) is 129 cm³/mol. The van der Waals surface area contributed by atoms with E-state index in [9.17, 15) is 26.8 Å². The number of H-pyrrole nitrogens is 1. The van der Waals surface area contributed by atoms with Gasteiger partial charge < -0.3 is 9.72 Å². The number of carbonyl (C=O) groups excluding carboxylic acids is 2. The largest absolute Gasteiger partial charge is 0.456 e. The van der Waals surface area contributed by atoms with Crippen LogP contribution in [0.25, 0.3) is 10.9 Å². The van der Waals surface area contributed by atoms with Crippen molar-refractivity contribution in [3.8, 4) is 0 Å². The molecule has 0 spiro atoms. The minimum atomic E-state index is -4.12. The highest BCUT2D eigenvalue weighted by Gasteiger charge is 2.29. The van der Waals surface area contributed by atoms with Crippen molar-refractivity contribution in [1.82, 2.24) is 9.71 Å². The molecule has 4 rings (SSSR count). The Balaban J connectivity index is 1.57. The Kier molecular flexibility index (Phi) is 7.27. The summed E-state index contributed by atoms with van der Waals surface area (Å²) in [5, 5.41) is 0.794. The molecule has 36 heavy (non-hydrogen) atoms. The van der Waals surface area contributed by atoms with Crippen molar-refractivity contribution in [1.29, 1.82) is 0 Å². The molecule has 0 aliphatic rings. The molecule has 0 unspecified atom stereocenters. The summed E-state index contributed by atoms with van der Waals surface area (Å²) in [7, 11) is -4.12. The van der Waals surface area contributed by atoms with Gasteiger partial charge in [0, 0.05) is 29.1 Å². The van der Waals surface area contributed by atoms with Crippen LogP contribution in [0, 0.1) is 18.6 Å². The molecular formula is C26H22F2N2O5S. The highest BCUT2D eigenvalue weighted by molar-refractivity contribution is 7.89. The smallest absolute Gasteiger partial charge is 0.324 e. The number of ether oxygens (including phenoxy) is 1. The van der Waals surface area contributed by atoms with E-state index in [1.54, 1.807) is 25.3 Å². The maximum absolute atomic E-state index is 13.5. The molecule has 1 heterocycles. The third-order valence-electron chi connectivity index (χ3n) is 5.57. The molecule has 0 radical (unpaired) electrons. The van der Waals surface area contributed by atoms with Crippen LogP contribution in [0.2, 0.25) is 0 Å². The molecule has 1 atom stereocenters. The van der Waals surface area contributed by atoms with Crippen LogP contribution in [0.15, 0.2) is 77.8 Å². The highest BCUT2D eigenvalue weighted by Crippen LogP contribution is 2.21. The van der Waals surface area contributed by atoms with Gasteiger partial charge in [0.05, 0.1) is 4.90 Å². The van der Waals surface area contributed by atoms with Crippen molar-refractivity contribution in [2.45, 2.75) is 24.3 Å². The summed E-state index contributed by atoms with van der Waals surface area (Å²) in [4.78, 5) is 28.4. The van der Waals surface area contributed by atoms with Crippen LogP contribution in [0.3, 0.4) is 0 Å². The summed E-state index contributed by atoms with van der Waals surface area (Å²) >= 11 is 0. The lowest BCUT2D eigenvalue weighted by atomic mass is 10.1. The average molecular weight is 513 g/mol. The maximum atomic E-state index is 13.5. The summed E-state index contributed by atoms with van der Waals surface area (Å²) in [5.41, 5.74) is 1.99. The number of hydrogen-bond acceptors (Lipinski definition) is 5. The Bertz CT molecular complexity index is 1550. The SMILES string of the molecule is Cc1cccc(S(=O)(=O)N[C@@H](Cc2c[nH]c3ccccc23)C(=O)OCC(=O)c2ccc(F)c(F)c2)c1. The van der Waals surface area contributed by atoms with Crippen LogP contribution >= 0.6 is 0 Å². The Hall–Kier alpha value is -3.89. The number of nitrogens with one attached hydrogen (secondary N) is 2. The molecule has 0 aliphatic carbocycles. The van der Waals surface area contributed by atoms with Gasteiger partial charge in [0.15, 0.2) is 24.0 Å². The van der Waals surface area contributed by atoms with Gasteiger partial charge in [-0.2, -0.15) is 4.72 Å². The fraction of sp³-hybridized carbons (Fsp3) is 0.154. The molecule has 2 N–H and O–H groups in total. The van der Waals surface area contributed by atoms with Gasteiger partial charge >= 0.3 is 5.97 Å². The van der Waals surface area contributed by atoms with Crippen molar-refractivity contribution in [3.05, 3.63) is 101 Å². The van der Waals surface area contributed by atoms with E-state index in [1.165, 1.54) is 12.1 Å². The van der Waals surface area contributed by atoms with Crippen LogP contribution in [-0.2, 0) is 26.0 Å². The molecule has 1 aromatic heterocycles. The van der Waals surface area contributed by atoms with Gasteiger partial charge in [0.1, 0.15) is 6.04 Å². The monoisotopic (exact) mass is 512 g/mol. The summed E-state index contributed by atoms with van der Waals surface area (Å²) in [5.74, 6) is -4.09. The second kappa shape index (κ2) is 10.4. The summed E-state index contributed by atoms with van der Waals surface area (Å²) < 4.78 is 60.2. The van der Waals surface area contributed by atoms with Crippen LogP contribution < -0.4 is 4.72 Å². The van der Waals surface area contributed by atoms with Gasteiger partial charge in [-0.1, -0.05) is 30.3 Å². The first-order chi connectivity index (χ1) is 17.1. The Morgan fingerprint density at radius 1 is 1.00 bits per heavy atom. The van der Waals surface area contributed by atoms with Gasteiger partial charge in [-0.05, 0) is 54.4 Å². The van der Waals surface area contributed by atoms with E-state index in [0.29, 0.717) is 17.2 Å². The van der Waals surface area contributed by atoms with E-state index in [2.05, 4.69) is 9.71 Å². The number of aromatic nitrogens is 1. The predicted octanol–water partition coefficient (Wildman–Crippen LogP) is 4.07. The van der Waals surface area contributed by atoms with E-state index in [0.717, 1.165) is 23.0 Å². The lowest BCUT2D eigenvalue weighted by molar-refractivity contribution is -0.144. The number of Topliss-reactive ketones (excluding diaryl/α,β-unsaturated/α-hetero) is 1. The number of fused-ring (bicyclic) bond motifs is 1. The number of ketones is 1. The van der Waals surface area contributed by atoms with Crippen molar-refractivity contribution in [2.75, 3.05) is 6.61 Å². The summed E-state index contributed by atoms with van der Waals surface area (Å²) in [6.45, 7) is 0.959. The van der Waals surface area contributed by atoms with Crippen molar-refractivity contribution >= 4 is 32.7 Å². The minimum Gasteiger partial charge on any atom is -0.456 e. The van der Waals surface area contributed by atoms with Crippen LogP contribution in [0.1, 0.15) is 21.5 Å². The molecule has 0 saturated heterocycles. The second-order valence-electron chi connectivity index (χ2n) is 8.21. The zero-order chi connectivity index (χ0) is 25.9. The molecule has 0 aliphatic heterocycles. The number of esters is 1. The Morgan fingerprint density at radius 2 is 1.78 bits per heavy atom. The number of aryl methyl sites for hydroxylation is 1. The number of rotatable bonds is 9. The minimum absolute atomic E-state index is 0.0305. The van der Waals surface area contributed by atoms with E-state index in [4.69, 9.17) is 4.74 Å². The molecule has 0 fully saturated rings. The molecule has 186 valence electrons. The van der Waals surface area contributed by atoms with Crippen LogP contribution in [0.5, 0.6) is 0 Å². The Labute approximate surface area is 206 Å².